The maximum Gasteiger partial charge on any atom is 0.219 e. The van der Waals surface area contributed by atoms with Crippen LogP contribution in [0.1, 0.15) is 26.2 Å². The summed E-state index contributed by atoms with van der Waals surface area (Å²) < 4.78 is 4.94. The van der Waals surface area contributed by atoms with Gasteiger partial charge in [-0.3, -0.25) is 4.79 Å². The molecule has 1 N–H and O–H groups in total. The molecule has 1 amide bonds. The van der Waals surface area contributed by atoms with Gasteiger partial charge < -0.3 is 10.1 Å². The van der Waals surface area contributed by atoms with E-state index in [0.29, 0.717) is 6.42 Å². The van der Waals surface area contributed by atoms with E-state index in [1.807, 2.05) is 6.92 Å². The second-order valence-corrected chi connectivity index (χ2v) is 2.35. The molecule has 3 nitrogen and oxygen atoms in total. The largest absolute Gasteiger partial charge is 0.381 e. The maximum atomic E-state index is 10.1. The van der Waals surface area contributed by atoms with E-state index in [-0.39, 0.29) is 5.91 Å². The van der Waals surface area contributed by atoms with Crippen LogP contribution < -0.4 is 5.32 Å². The van der Waals surface area contributed by atoms with Crippen LogP contribution in [0, 0.1) is 0 Å². The number of hydrogen-bond donors (Lipinski definition) is 1. The van der Waals surface area contributed by atoms with Gasteiger partial charge in [0, 0.05) is 26.7 Å². The molecule has 0 aliphatic carbocycles. The summed E-state index contributed by atoms with van der Waals surface area (Å²) in [7, 11) is 1.63. The van der Waals surface area contributed by atoms with Gasteiger partial charge in [-0.2, -0.15) is 0 Å². The molecular formula is C8H17NO2. The molecule has 0 atom stereocenters. The minimum atomic E-state index is 0.0926. The number of carbonyl (C=O) groups excluding carboxylic acids is 1. The first kappa shape index (κ1) is 10.4. The van der Waals surface area contributed by atoms with Gasteiger partial charge in [-0.15, -0.1) is 0 Å². The van der Waals surface area contributed by atoms with Crippen LogP contribution in [0.4, 0.5) is 0 Å². The molecule has 0 saturated carbocycles. The Morgan fingerprint density at radius 1 is 1.45 bits per heavy atom. The van der Waals surface area contributed by atoms with Gasteiger partial charge in [0.1, 0.15) is 0 Å². The molecule has 3 heteroatoms. The normalized spacial score (nSPS) is 15.1. The number of carbonyl (C=O) groups is 1. The molecule has 0 aromatic heterocycles. The van der Waals surface area contributed by atoms with Crippen molar-refractivity contribution >= 4 is 5.91 Å². The van der Waals surface area contributed by atoms with Gasteiger partial charge in [0.25, 0.3) is 0 Å². The van der Waals surface area contributed by atoms with Gasteiger partial charge in [-0.1, -0.05) is 6.92 Å². The lowest BCUT2D eigenvalue weighted by Crippen LogP contribution is -2.15. The molecule has 0 aromatic rings. The van der Waals surface area contributed by atoms with Crippen molar-refractivity contribution < 1.29 is 9.53 Å². The standard InChI is InChI=1S/C4H9NO.C4H8O/c1-3-4(6)5-2;1-2-4-5-3-1/h3H2,1-2H3,(H,5,6);1-4H2. The second-order valence-electron chi connectivity index (χ2n) is 2.35. The Balaban J connectivity index is 0.000000183. The zero-order valence-electron chi connectivity index (χ0n) is 7.35. The summed E-state index contributed by atoms with van der Waals surface area (Å²) in [5.74, 6) is 0.0926. The van der Waals surface area contributed by atoms with Crippen molar-refractivity contribution in [2.75, 3.05) is 20.3 Å². The topological polar surface area (TPSA) is 38.3 Å². The fourth-order valence-corrected chi connectivity index (χ4v) is 0.687. The SMILES string of the molecule is C1CCOC1.CCC(=O)NC. The molecule has 0 aromatic carbocycles. The van der Waals surface area contributed by atoms with Crippen LogP contribution in [-0.2, 0) is 9.53 Å². The minimum absolute atomic E-state index is 0.0926. The Morgan fingerprint density at radius 2 is 2.00 bits per heavy atom. The molecule has 0 bridgehead atoms. The first-order valence-corrected chi connectivity index (χ1v) is 4.09. The van der Waals surface area contributed by atoms with E-state index < -0.39 is 0 Å². The van der Waals surface area contributed by atoms with Gasteiger partial charge in [-0.25, -0.2) is 0 Å². The van der Waals surface area contributed by atoms with Crippen LogP contribution in [0.2, 0.25) is 0 Å². The van der Waals surface area contributed by atoms with Gasteiger partial charge >= 0.3 is 0 Å². The van der Waals surface area contributed by atoms with Crippen molar-refractivity contribution in [2.45, 2.75) is 26.2 Å². The van der Waals surface area contributed by atoms with Crippen LogP contribution in [0.25, 0.3) is 0 Å². The average Bonchev–Trinajstić information content (AvgIpc) is 2.60. The molecule has 0 unspecified atom stereocenters. The average molecular weight is 159 g/mol. The Labute approximate surface area is 68.1 Å². The highest BCUT2D eigenvalue weighted by Gasteiger charge is 1.94. The van der Waals surface area contributed by atoms with Gasteiger partial charge in [0.15, 0.2) is 0 Å². The summed E-state index contributed by atoms with van der Waals surface area (Å²) in [4.78, 5) is 10.1. The van der Waals surface area contributed by atoms with Crippen molar-refractivity contribution in [2.24, 2.45) is 0 Å². The molecule has 0 spiro atoms. The third kappa shape index (κ3) is 7.33. The smallest absolute Gasteiger partial charge is 0.219 e. The third-order valence-corrected chi connectivity index (χ3v) is 1.43. The molecule has 1 aliphatic rings. The quantitative estimate of drug-likeness (QED) is 0.618. The highest BCUT2D eigenvalue weighted by atomic mass is 16.5. The van der Waals surface area contributed by atoms with Crippen molar-refractivity contribution in [3.05, 3.63) is 0 Å². The van der Waals surface area contributed by atoms with Crippen molar-refractivity contribution in [1.29, 1.82) is 0 Å². The Bertz CT molecular complexity index is 86.7. The summed E-state index contributed by atoms with van der Waals surface area (Å²) in [6.07, 6.45) is 3.14. The number of nitrogens with one attached hydrogen (secondary N) is 1. The Kier molecular flexibility index (Phi) is 7.15. The number of amides is 1. The highest BCUT2D eigenvalue weighted by molar-refractivity contribution is 5.74. The van der Waals surface area contributed by atoms with Gasteiger partial charge in [0.05, 0.1) is 0 Å². The molecular weight excluding hydrogens is 142 g/mol. The molecule has 1 fully saturated rings. The van der Waals surface area contributed by atoms with Crippen LogP contribution in [-0.4, -0.2) is 26.2 Å². The predicted molar refractivity (Wildman–Crippen MR) is 44.4 cm³/mol. The summed E-state index contributed by atoms with van der Waals surface area (Å²) in [6.45, 7) is 3.82. The third-order valence-electron chi connectivity index (χ3n) is 1.43. The molecule has 1 aliphatic heterocycles. The molecule has 1 saturated heterocycles. The summed E-state index contributed by atoms with van der Waals surface area (Å²) >= 11 is 0. The lowest BCUT2D eigenvalue weighted by Gasteiger charge is -1.87. The maximum absolute atomic E-state index is 10.1. The lowest BCUT2D eigenvalue weighted by atomic mass is 10.4. The zero-order valence-corrected chi connectivity index (χ0v) is 7.35. The summed E-state index contributed by atoms with van der Waals surface area (Å²) in [5.41, 5.74) is 0. The van der Waals surface area contributed by atoms with E-state index in [9.17, 15) is 4.79 Å². The molecule has 11 heavy (non-hydrogen) atoms. The van der Waals surface area contributed by atoms with E-state index in [1.54, 1.807) is 7.05 Å². The monoisotopic (exact) mass is 159 g/mol. The van der Waals surface area contributed by atoms with Crippen LogP contribution in [0.15, 0.2) is 0 Å². The number of hydrogen-bond acceptors (Lipinski definition) is 2. The van der Waals surface area contributed by atoms with E-state index in [2.05, 4.69) is 5.32 Å². The number of rotatable bonds is 1. The predicted octanol–water partition coefficient (Wildman–Crippen LogP) is 0.939. The fraction of sp³-hybridized carbons (Fsp3) is 0.875. The van der Waals surface area contributed by atoms with E-state index in [4.69, 9.17) is 4.74 Å². The second kappa shape index (κ2) is 7.54. The van der Waals surface area contributed by atoms with Crippen LogP contribution >= 0.6 is 0 Å². The molecule has 1 heterocycles. The molecule has 66 valence electrons. The van der Waals surface area contributed by atoms with Crippen molar-refractivity contribution in [1.82, 2.24) is 5.32 Å². The Hall–Kier alpha value is -0.570. The van der Waals surface area contributed by atoms with E-state index >= 15 is 0 Å². The van der Waals surface area contributed by atoms with Crippen molar-refractivity contribution in [3.63, 3.8) is 0 Å². The summed E-state index contributed by atoms with van der Waals surface area (Å²) in [5, 5.41) is 2.48. The van der Waals surface area contributed by atoms with Crippen LogP contribution in [0.5, 0.6) is 0 Å². The van der Waals surface area contributed by atoms with Gasteiger partial charge in [0.2, 0.25) is 5.91 Å². The van der Waals surface area contributed by atoms with Gasteiger partial charge in [-0.05, 0) is 12.8 Å². The number of ether oxygens (including phenoxy) is 1. The van der Waals surface area contributed by atoms with E-state index in [1.165, 1.54) is 12.8 Å². The highest BCUT2D eigenvalue weighted by Crippen LogP contribution is 1.98. The fourth-order valence-electron chi connectivity index (χ4n) is 0.687. The zero-order chi connectivity index (χ0) is 8.53. The van der Waals surface area contributed by atoms with Crippen LogP contribution in [0.3, 0.4) is 0 Å². The first-order valence-electron chi connectivity index (χ1n) is 4.09. The minimum Gasteiger partial charge on any atom is -0.381 e. The molecule has 0 radical (unpaired) electrons. The van der Waals surface area contributed by atoms with Crippen molar-refractivity contribution in [3.8, 4) is 0 Å². The summed E-state index contributed by atoms with van der Waals surface area (Å²) in [6, 6.07) is 0. The lowest BCUT2D eigenvalue weighted by molar-refractivity contribution is -0.120. The Morgan fingerprint density at radius 3 is 2.09 bits per heavy atom. The first-order chi connectivity index (χ1) is 5.31. The molecule has 1 rings (SSSR count). The van der Waals surface area contributed by atoms with E-state index in [0.717, 1.165) is 13.2 Å².